The molecule has 12 heavy (non-hydrogen) atoms. The van der Waals surface area contributed by atoms with E-state index in [1.54, 1.807) is 0 Å². The quantitative estimate of drug-likeness (QED) is 0.564. The first-order valence-corrected chi connectivity index (χ1v) is 4.10. The minimum absolute atomic E-state index is 0.830. The van der Waals surface area contributed by atoms with Crippen LogP contribution >= 0.6 is 0 Å². The minimum atomic E-state index is 0.830. The first-order valence-electron chi connectivity index (χ1n) is 4.10. The van der Waals surface area contributed by atoms with Crippen molar-refractivity contribution in [1.82, 2.24) is 0 Å². The van der Waals surface area contributed by atoms with Gasteiger partial charge in [-0.2, -0.15) is 5.26 Å². The lowest BCUT2D eigenvalue weighted by molar-refractivity contribution is 0.980. The molecule has 1 aromatic rings. The minimum Gasteiger partial charge on any atom is -0.192 e. The van der Waals surface area contributed by atoms with Crippen molar-refractivity contribution in [1.29, 1.82) is 5.26 Å². The van der Waals surface area contributed by atoms with Gasteiger partial charge in [0.15, 0.2) is 0 Å². The molecule has 1 aliphatic carbocycles. The monoisotopic (exact) mass is 155 g/mol. The fraction of sp³-hybridized carbons (Fsp3) is 0.182. The lowest BCUT2D eigenvalue weighted by Gasteiger charge is -2.11. The number of benzene rings is 1. The zero-order valence-corrected chi connectivity index (χ0v) is 6.75. The molecule has 0 heterocycles. The van der Waals surface area contributed by atoms with Gasteiger partial charge in [-0.05, 0) is 24.0 Å². The molecule has 1 aromatic carbocycles. The largest absolute Gasteiger partial charge is 0.192 e. The van der Waals surface area contributed by atoms with E-state index < -0.39 is 0 Å². The van der Waals surface area contributed by atoms with Crippen molar-refractivity contribution >= 4 is 5.57 Å². The van der Waals surface area contributed by atoms with Crippen LogP contribution in [-0.2, 0) is 6.42 Å². The fourth-order valence-corrected chi connectivity index (χ4v) is 1.59. The van der Waals surface area contributed by atoms with E-state index in [9.17, 15) is 0 Å². The van der Waals surface area contributed by atoms with Gasteiger partial charge in [-0.3, -0.25) is 0 Å². The van der Waals surface area contributed by atoms with Crippen LogP contribution in [0.5, 0.6) is 0 Å². The molecule has 0 aliphatic heterocycles. The Labute approximate surface area is 72.0 Å². The topological polar surface area (TPSA) is 23.8 Å². The molecule has 0 saturated heterocycles. The lowest BCUT2D eigenvalue weighted by Crippen LogP contribution is -1.97. The molecule has 0 aromatic heterocycles. The third-order valence-electron chi connectivity index (χ3n) is 2.19. The Bertz CT molecular complexity index is 369. The number of fused-ring (bicyclic) bond motifs is 1. The van der Waals surface area contributed by atoms with Gasteiger partial charge in [-0.25, -0.2) is 0 Å². The average molecular weight is 155 g/mol. The SMILES string of the molecule is N#CC1=CCCc2ccccc21. The molecule has 0 amide bonds. The van der Waals surface area contributed by atoms with Crippen LogP contribution in [0.15, 0.2) is 30.3 Å². The summed E-state index contributed by atoms with van der Waals surface area (Å²) in [4.78, 5) is 0. The third kappa shape index (κ3) is 1.02. The molecule has 1 nitrogen and oxygen atoms in total. The van der Waals surface area contributed by atoms with E-state index in [0.29, 0.717) is 0 Å². The third-order valence-corrected chi connectivity index (χ3v) is 2.19. The number of rotatable bonds is 0. The van der Waals surface area contributed by atoms with Gasteiger partial charge in [-0.1, -0.05) is 30.3 Å². The summed E-state index contributed by atoms with van der Waals surface area (Å²) in [5, 5.41) is 8.82. The summed E-state index contributed by atoms with van der Waals surface area (Å²) in [5.74, 6) is 0. The van der Waals surface area contributed by atoms with Crippen LogP contribution in [0.1, 0.15) is 17.5 Å². The summed E-state index contributed by atoms with van der Waals surface area (Å²) in [6.07, 6.45) is 4.09. The Kier molecular flexibility index (Phi) is 1.68. The van der Waals surface area contributed by atoms with Crippen LogP contribution in [0.2, 0.25) is 0 Å². The Morgan fingerprint density at radius 2 is 2.08 bits per heavy atom. The molecule has 0 N–H and O–H groups in total. The summed E-state index contributed by atoms with van der Waals surface area (Å²) in [5.41, 5.74) is 3.25. The van der Waals surface area contributed by atoms with Gasteiger partial charge in [0.05, 0.1) is 11.6 Å². The maximum absolute atomic E-state index is 8.82. The van der Waals surface area contributed by atoms with Gasteiger partial charge in [0, 0.05) is 0 Å². The first-order chi connectivity index (χ1) is 5.92. The van der Waals surface area contributed by atoms with E-state index in [1.807, 2.05) is 24.3 Å². The molecule has 0 unspecified atom stereocenters. The van der Waals surface area contributed by atoms with E-state index in [4.69, 9.17) is 5.26 Å². The molecular weight excluding hydrogens is 146 g/mol. The van der Waals surface area contributed by atoms with Gasteiger partial charge < -0.3 is 0 Å². The average Bonchev–Trinajstić information content (AvgIpc) is 2.17. The predicted molar refractivity (Wildman–Crippen MR) is 48.4 cm³/mol. The van der Waals surface area contributed by atoms with Gasteiger partial charge in [0.1, 0.15) is 0 Å². The predicted octanol–water partition coefficient (Wildman–Crippen LogP) is 2.54. The Balaban J connectivity index is 2.57. The number of nitrogens with zero attached hydrogens (tertiary/aromatic N) is 1. The standard InChI is InChI=1S/C11H9N/c12-8-10-6-3-5-9-4-1-2-7-11(9)10/h1-2,4,6-7H,3,5H2. The molecule has 0 fully saturated rings. The molecule has 58 valence electrons. The van der Waals surface area contributed by atoms with Crippen molar-refractivity contribution in [3.8, 4) is 6.07 Å². The van der Waals surface area contributed by atoms with Gasteiger partial charge in [0.2, 0.25) is 0 Å². The van der Waals surface area contributed by atoms with Crippen LogP contribution < -0.4 is 0 Å². The molecule has 2 rings (SSSR count). The second-order valence-electron chi connectivity index (χ2n) is 2.93. The molecule has 0 spiro atoms. The number of hydrogen-bond acceptors (Lipinski definition) is 1. The summed E-state index contributed by atoms with van der Waals surface area (Å²) in [6, 6.07) is 10.3. The normalized spacial score (nSPS) is 14.4. The highest BCUT2D eigenvalue weighted by Gasteiger charge is 2.09. The number of aryl methyl sites for hydroxylation is 1. The first kappa shape index (κ1) is 7.12. The second-order valence-corrected chi connectivity index (χ2v) is 2.93. The highest BCUT2D eigenvalue weighted by Crippen LogP contribution is 2.24. The molecular formula is C11H9N. The van der Waals surface area contributed by atoms with Crippen molar-refractivity contribution < 1.29 is 0 Å². The Morgan fingerprint density at radius 3 is 2.92 bits per heavy atom. The maximum atomic E-state index is 8.82. The highest BCUT2D eigenvalue weighted by atomic mass is 14.3. The summed E-state index contributed by atoms with van der Waals surface area (Å²) < 4.78 is 0. The second kappa shape index (κ2) is 2.83. The van der Waals surface area contributed by atoms with Crippen molar-refractivity contribution in [2.45, 2.75) is 12.8 Å². The van der Waals surface area contributed by atoms with E-state index in [2.05, 4.69) is 12.1 Å². The van der Waals surface area contributed by atoms with E-state index >= 15 is 0 Å². The summed E-state index contributed by atoms with van der Waals surface area (Å²) in [7, 11) is 0. The van der Waals surface area contributed by atoms with E-state index in [-0.39, 0.29) is 0 Å². The van der Waals surface area contributed by atoms with Crippen LogP contribution in [0.4, 0.5) is 0 Å². The highest BCUT2D eigenvalue weighted by molar-refractivity contribution is 5.79. The van der Waals surface area contributed by atoms with Crippen molar-refractivity contribution in [3.05, 3.63) is 41.5 Å². The molecule has 0 bridgehead atoms. The van der Waals surface area contributed by atoms with Gasteiger partial charge in [0.25, 0.3) is 0 Å². The molecule has 0 radical (unpaired) electrons. The lowest BCUT2D eigenvalue weighted by atomic mass is 9.92. The fourth-order valence-electron chi connectivity index (χ4n) is 1.59. The van der Waals surface area contributed by atoms with Crippen LogP contribution in [0.25, 0.3) is 5.57 Å². The van der Waals surface area contributed by atoms with Crippen LogP contribution in [0, 0.1) is 11.3 Å². The van der Waals surface area contributed by atoms with E-state index in [0.717, 1.165) is 24.0 Å². The van der Waals surface area contributed by atoms with Crippen molar-refractivity contribution in [2.75, 3.05) is 0 Å². The van der Waals surface area contributed by atoms with E-state index in [1.165, 1.54) is 5.56 Å². The Hall–Kier alpha value is -1.55. The summed E-state index contributed by atoms with van der Waals surface area (Å²) in [6.45, 7) is 0. The molecule has 0 atom stereocenters. The zero-order valence-electron chi connectivity index (χ0n) is 6.75. The smallest absolute Gasteiger partial charge is 0.0994 e. The van der Waals surface area contributed by atoms with Crippen molar-refractivity contribution in [3.63, 3.8) is 0 Å². The molecule has 1 heteroatoms. The number of hydrogen-bond donors (Lipinski definition) is 0. The van der Waals surface area contributed by atoms with Crippen LogP contribution in [-0.4, -0.2) is 0 Å². The molecule has 1 aliphatic rings. The zero-order chi connectivity index (χ0) is 8.39. The number of nitriles is 1. The summed E-state index contributed by atoms with van der Waals surface area (Å²) >= 11 is 0. The van der Waals surface area contributed by atoms with Gasteiger partial charge in [-0.15, -0.1) is 0 Å². The Morgan fingerprint density at radius 1 is 1.25 bits per heavy atom. The van der Waals surface area contributed by atoms with Crippen molar-refractivity contribution in [2.24, 2.45) is 0 Å². The van der Waals surface area contributed by atoms with Crippen LogP contribution in [0.3, 0.4) is 0 Å². The number of allylic oxidation sites excluding steroid dienone is 2. The van der Waals surface area contributed by atoms with Gasteiger partial charge >= 0.3 is 0 Å². The maximum Gasteiger partial charge on any atom is 0.0994 e. The molecule has 0 saturated carbocycles.